The average Bonchev–Trinajstić information content (AvgIpc) is 2.78. The van der Waals surface area contributed by atoms with E-state index >= 15 is 0 Å². The van der Waals surface area contributed by atoms with Crippen molar-refractivity contribution in [1.29, 1.82) is 0 Å². The molecular weight excluding hydrogens is 150 g/mol. The van der Waals surface area contributed by atoms with Crippen molar-refractivity contribution in [3.8, 4) is 0 Å². The molecule has 1 fully saturated rings. The van der Waals surface area contributed by atoms with E-state index in [9.17, 15) is 0 Å². The van der Waals surface area contributed by atoms with E-state index in [1.807, 2.05) is 7.05 Å². The van der Waals surface area contributed by atoms with Crippen molar-refractivity contribution in [3.05, 3.63) is 0 Å². The zero-order valence-corrected chi connectivity index (χ0v) is 7.88. The maximum absolute atomic E-state index is 5.73. The fourth-order valence-corrected chi connectivity index (χ4v) is 1.89. The van der Waals surface area contributed by atoms with Gasteiger partial charge in [-0.3, -0.25) is 4.99 Å². The summed E-state index contributed by atoms with van der Waals surface area (Å²) in [5.41, 5.74) is 5.94. The molecule has 0 amide bonds. The summed E-state index contributed by atoms with van der Waals surface area (Å²) in [5, 5.41) is 0. The van der Waals surface area contributed by atoms with Gasteiger partial charge >= 0.3 is 0 Å². The summed E-state index contributed by atoms with van der Waals surface area (Å²) in [4.78, 5) is 6.40. The molecule has 0 aromatic heterocycles. The van der Waals surface area contributed by atoms with Crippen LogP contribution in [0.3, 0.4) is 0 Å². The van der Waals surface area contributed by atoms with E-state index in [2.05, 4.69) is 16.8 Å². The van der Waals surface area contributed by atoms with Crippen molar-refractivity contribution in [2.45, 2.75) is 31.7 Å². The molecule has 0 bridgehead atoms. The molecule has 1 aliphatic heterocycles. The molecule has 1 unspecified atom stereocenters. The van der Waals surface area contributed by atoms with Crippen LogP contribution < -0.4 is 5.73 Å². The lowest BCUT2D eigenvalue weighted by Gasteiger charge is -2.33. The molecule has 12 heavy (non-hydrogen) atoms. The number of guanidine groups is 1. The van der Waals surface area contributed by atoms with Gasteiger partial charge in [-0.2, -0.15) is 0 Å². The van der Waals surface area contributed by atoms with Crippen LogP contribution in [-0.4, -0.2) is 30.0 Å². The molecule has 0 saturated heterocycles. The Kier molecular flexibility index (Phi) is 1.56. The summed E-state index contributed by atoms with van der Waals surface area (Å²) < 4.78 is 0. The molecule has 3 nitrogen and oxygen atoms in total. The lowest BCUT2D eigenvalue weighted by Crippen LogP contribution is -2.47. The van der Waals surface area contributed by atoms with Crippen LogP contribution >= 0.6 is 0 Å². The quantitative estimate of drug-likeness (QED) is 0.661. The van der Waals surface area contributed by atoms with Gasteiger partial charge in [-0.05, 0) is 19.3 Å². The van der Waals surface area contributed by atoms with Crippen molar-refractivity contribution in [1.82, 2.24) is 4.90 Å². The van der Waals surface area contributed by atoms with E-state index in [0.29, 0.717) is 5.96 Å². The topological polar surface area (TPSA) is 41.6 Å². The summed E-state index contributed by atoms with van der Waals surface area (Å²) >= 11 is 0. The molecule has 0 aromatic rings. The summed E-state index contributed by atoms with van der Waals surface area (Å²) in [6.45, 7) is 3.14. The lowest BCUT2D eigenvalue weighted by atomic mass is 9.94. The van der Waals surface area contributed by atoms with Crippen LogP contribution in [-0.2, 0) is 0 Å². The maximum atomic E-state index is 5.73. The first-order chi connectivity index (χ1) is 5.62. The second kappa shape index (κ2) is 2.38. The van der Waals surface area contributed by atoms with E-state index in [1.165, 1.54) is 19.3 Å². The average molecular weight is 167 g/mol. The third-order valence-electron chi connectivity index (χ3n) is 3.16. The highest BCUT2D eigenvalue weighted by Gasteiger charge is 2.39. The third kappa shape index (κ3) is 1.17. The fourth-order valence-electron chi connectivity index (χ4n) is 1.89. The maximum Gasteiger partial charge on any atom is 0.191 e. The van der Waals surface area contributed by atoms with Gasteiger partial charge in [0.2, 0.25) is 0 Å². The van der Waals surface area contributed by atoms with Gasteiger partial charge < -0.3 is 10.6 Å². The van der Waals surface area contributed by atoms with Crippen LogP contribution in [0.25, 0.3) is 0 Å². The number of hydrogen-bond acceptors (Lipinski definition) is 3. The molecule has 2 rings (SSSR count). The summed E-state index contributed by atoms with van der Waals surface area (Å²) in [5.74, 6) is 1.65. The third-order valence-corrected chi connectivity index (χ3v) is 3.16. The van der Waals surface area contributed by atoms with Crippen LogP contribution in [0.15, 0.2) is 4.99 Å². The van der Waals surface area contributed by atoms with Crippen molar-refractivity contribution in [2.24, 2.45) is 16.6 Å². The summed E-state index contributed by atoms with van der Waals surface area (Å²) in [7, 11) is 2.05. The molecular formula is C9H17N3. The molecule has 68 valence electrons. The molecule has 1 saturated carbocycles. The Labute approximate surface area is 73.6 Å². The van der Waals surface area contributed by atoms with Crippen LogP contribution in [0.1, 0.15) is 26.2 Å². The molecule has 1 aliphatic carbocycles. The first-order valence-electron chi connectivity index (χ1n) is 4.65. The Bertz CT molecular complexity index is 220. The molecule has 0 radical (unpaired) electrons. The smallest absolute Gasteiger partial charge is 0.191 e. The number of rotatable bonds is 2. The minimum Gasteiger partial charge on any atom is -0.370 e. The summed E-state index contributed by atoms with van der Waals surface area (Å²) in [6.07, 6.45) is 4.07. The van der Waals surface area contributed by atoms with Gasteiger partial charge in [0, 0.05) is 7.05 Å². The van der Waals surface area contributed by atoms with Crippen LogP contribution in [0, 0.1) is 5.92 Å². The Hall–Kier alpha value is -0.730. The molecule has 1 atom stereocenters. The van der Waals surface area contributed by atoms with E-state index in [4.69, 9.17) is 5.73 Å². The van der Waals surface area contributed by atoms with Crippen molar-refractivity contribution < 1.29 is 0 Å². The van der Waals surface area contributed by atoms with Crippen molar-refractivity contribution in [2.75, 3.05) is 13.6 Å². The van der Waals surface area contributed by atoms with Gasteiger partial charge in [-0.25, -0.2) is 0 Å². The highest BCUT2D eigenvalue weighted by Crippen LogP contribution is 2.39. The van der Waals surface area contributed by atoms with E-state index in [1.54, 1.807) is 0 Å². The van der Waals surface area contributed by atoms with Gasteiger partial charge in [0.25, 0.3) is 0 Å². The number of likely N-dealkylation sites (N-methyl/N-ethyl adjacent to an activating group) is 1. The Balaban J connectivity index is 2.02. The number of hydrogen-bond donors (Lipinski definition) is 1. The first kappa shape index (κ1) is 7.90. The standard InChI is InChI=1S/C9H17N3/c1-9(5-7-3-4-7)6-11-8(10)12(9)2/h7H,3-6H2,1-2H3,(H2,10,11). The number of aliphatic imine (C=N–C) groups is 1. The highest BCUT2D eigenvalue weighted by molar-refractivity contribution is 5.80. The fraction of sp³-hybridized carbons (Fsp3) is 0.889. The van der Waals surface area contributed by atoms with Gasteiger partial charge in [0.1, 0.15) is 0 Å². The SMILES string of the molecule is CN1C(N)=NCC1(C)CC1CC1. The van der Waals surface area contributed by atoms with Crippen LogP contribution in [0.4, 0.5) is 0 Å². The minimum absolute atomic E-state index is 0.214. The lowest BCUT2D eigenvalue weighted by molar-refractivity contribution is 0.233. The van der Waals surface area contributed by atoms with E-state index in [0.717, 1.165) is 12.5 Å². The van der Waals surface area contributed by atoms with Gasteiger partial charge in [-0.1, -0.05) is 12.8 Å². The van der Waals surface area contributed by atoms with E-state index in [-0.39, 0.29) is 5.54 Å². The van der Waals surface area contributed by atoms with Gasteiger partial charge in [0.05, 0.1) is 12.1 Å². The second-order valence-corrected chi connectivity index (χ2v) is 4.38. The van der Waals surface area contributed by atoms with Crippen molar-refractivity contribution >= 4 is 5.96 Å². The van der Waals surface area contributed by atoms with Crippen LogP contribution in [0.5, 0.6) is 0 Å². The second-order valence-electron chi connectivity index (χ2n) is 4.38. The van der Waals surface area contributed by atoms with Crippen LogP contribution in [0.2, 0.25) is 0 Å². The minimum atomic E-state index is 0.214. The molecule has 3 heteroatoms. The monoisotopic (exact) mass is 167 g/mol. The first-order valence-corrected chi connectivity index (χ1v) is 4.65. The van der Waals surface area contributed by atoms with Gasteiger partial charge in [-0.15, -0.1) is 0 Å². The Morgan fingerprint density at radius 3 is 2.75 bits per heavy atom. The largest absolute Gasteiger partial charge is 0.370 e. The number of nitrogens with two attached hydrogens (primary N) is 1. The highest BCUT2D eigenvalue weighted by atomic mass is 15.3. The zero-order chi connectivity index (χ0) is 8.77. The Morgan fingerprint density at radius 1 is 1.67 bits per heavy atom. The number of nitrogens with zero attached hydrogens (tertiary/aromatic N) is 2. The Morgan fingerprint density at radius 2 is 2.33 bits per heavy atom. The van der Waals surface area contributed by atoms with Gasteiger partial charge in [0.15, 0.2) is 5.96 Å². The zero-order valence-electron chi connectivity index (χ0n) is 7.88. The summed E-state index contributed by atoms with van der Waals surface area (Å²) in [6, 6.07) is 0. The molecule has 2 N–H and O–H groups in total. The predicted molar refractivity (Wildman–Crippen MR) is 50.0 cm³/mol. The van der Waals surface area contributed by atoms with Crippen molar-refractivity contribution in [3.63, 3.8) is 0 Å². The van der Waals surface area contributed by atoms with E-state index < -0.39 is 0 Å². The predicted octanol–water partition coefficient (Wildman–Crippen LogP) is 0.805. The normalized spacial score (nSPS) is 35.5. The molecule has 1 heterocycles. The molecule has 2 aliphatic rings. The molecule has 0 spiro atoms. The molecule has 0 aromatic carbocycles.